The minimum atomic E-state index is 0.165. The fraction of sp³-hybridized carbons (Fsp3) is 0.769. The number of hydrogen-bond donors (Lipinski definition) is 1. The van der Waals surface area contributed by atoms with E-state index in [4.69, 9.17) is 6.42 Å². The number of terminal acetylenes is 1. The van der Waals surface area contributed by atoms with E-state index in [1.807, 2.05) is 14.0 Å². The van der Waals surface area contributed by atoms with E-state index < -0.39 is 0 Å². The van der Waals surface area contributed by atoms with Gasteiger partial charge in [-0.25, -0.2) is 0 Å². The van der Waals surface area contributed by atoms with Crippen LogP contribution < -0.4 is 5.32 Å². The zero-order valence-corrected chi connectivity index (χ0v) is 10.9. The van der Waals surface area contributed by atoms with E-state index in [1.165, 1.54) is 0 Å². The molecule has 1 N–H and O–H groups in total. The minimum absolute atomic E-state index is 0.165. The fourth-order valence-electron chi connectivity index (χ4n) is 1.97. The molecule has 0 radical (unpaired) electrons. The van der Waals surface area contributed by atoms with E-state index >= 15 is 0 Å². The first-order valence-electron chi connectivity index (χ1n) is 6.30. The molecular weight excluding hydrogens is 214 g/mol. The molecule has 0 aromatic heterocycles. The summed E-state index contributed by atoms with van der Waals surface area (Å²) in [5.41, 5.74) is 0. The minimum Gasteiger partial charge on any atom is -0.345 e. The lowest BCUT2D eigenvalue weighted by atomic mass is 10.1. The van der Waals surface area contributed by atoms with Gasteiger partial charge in [-0.1, -0.05) is 5.92 Å². The van der Waals surface area contributed by atoms with Crippen LogP contribution in [0.15, 0.2) is 0 Å². The second-order valence-corrected chi connectivity index (χ2v) is 4.54. The van der Waals surface area contributed by atoms with Gasteiger partial charge in [-0.2, -0.15) is 0 Å². The standard InChI is InChI=1S/C13H23N3O/c1-4-8-16-9-6-12(7-10-16)14-11-13(17)15(3)5-2/h1,12,14H,5-11H2,2-3H3. The number of likely N-dealkylation sites (tertiary alicyclic amines) is 1. The fourth-order valence-corrected chi connectivity index (χ4v) is 1.97. The maximum absolute atomic E-state index is 11.6. The van der Waals surface area contributed by atoms with Crippen LogP contribution in [0.1, 0.15) is 19.8 Å². The van der Waals surface area contributed by atoms with Gasteiger partial charge in [0.05, 0.1) is 13.1 Å². The number of carbonyl (C=O) groups is 1. The summed E-state index contributed by atoms with van der Waals surface area (Å²) >= 11 is 0. The van der Waals surface area contributed by atoms with E-state index in [2.05, 4.69) is 16.1 Å². The van der Waals surface area contributed by atoms with Crippen molar-refractivity contribution in [2.45, 2.75) is 25.8 Å². The lowest BCUT2D eigenvalue weighted by Gasteiger charge is -2.31. The zero-order chi connectivity index (χ0) is 12.7. The summed E-state index contributed by atoms with van der Waals surface area (Å²) < 4.78 is 0. The Kier molecular flexibility index (Phi) is 6.03. The van der Waals surface area contributed by atoms with Crippen molar-refractivity contribution in [1.29, 1.82) is 0 Å². The maximum Gasteiger partial charge on any atom is 0.236 e. The van der Waals surface area contributed by atoms with E-state index in [0.29, 0.717) is 12.6 Å². The first kappa shape index (κ1) is 14.0. The van der Waals surface area contributed by atoms with Gasteiger partial charge in [-0.05, 0) is 19.8 Å². The van der Waals surface area contributed by atoms with Crippen molar-refractivity contribution in [1.82, 2.24) is 15.1 Å². The molecule has 1 aliphatic rings. The third-order valence-corrected chi connectivity index (χ3v) is 3.34. The van der Waals surface area contributed by atoms with Crippen LogP contribution in [0.2, 0.25) is 0 Å². The molecule has 0 aromatic carbocycles. The first-order valence-corrected chi connectivity index (χ1v) is 6.30. The Morgan fingerprint density at radius 2 is 2.18 bits per heavy atom. The Morgan fingerprint density at radius 1 is 1.53 bits per heavy atom. The van der Waals surface area contributed by atoms with Crippen molar-refractivity contribution in [2.24, 2.45) is 0 Å². The van der Waals surface area contributed by atoms with E-state index in [-0.39, 0.29) is 5.91 Å². The molecule has 4 heteroatoms. The Balaban J connectivity index is 2.18. The van der Waals surface area contributed by atoms with Crippen LogP contribution in [-0.2, 0) is 4.79 Å². The molecule has 17 heavy (non-hydrogen) atoms. The normalized spacial score (nSPS) is 17.7. The van der Waals surface area contributed by atoms with Gasteiger partial charge in [-0.15, -0.1) is 6.42 Å². The Morgan fingerprint density at radius 3 is 2.71 bits per heavy atom. The molecule has 4 nitrogen and oxygen atoms in total. The van der Waals surface area contributed by atoms with Gasteiger partial charge in [-0.3, -0.25) is 9.69 Å². The number of likely N-dealkylation sites (N-methyl/N-ethyl adjacent to an activating group) is 1. The molecule has 0 bridgehead atoms. The van der Waals surface area contributed by atoms with Crippen molar-refractivity contribution >= 4 is 5.91 Å². The summed E-state index contributed by atoms with van der Waals surface area (Å²) in [6.07, 6.45) is 7.43. The van der Waals surface area contributed by atoms with Crippen molar-refractivity contribution in [3.8, 4) is 12.3 Å². The predicted octanol–water partition coefficient (Wildman–Crippen LogP) is 0.152. The molecule has 96 valence electrons. The van der Waals surface area contributed by atoms with Gasteiger partial charge in [0, 0.05) is 32.7 Å². The summed E-state index contributed by atoms with van der Waals surface area (Å²) in [6, 6.07) is 0.457. The quantitative estimate of drug-likeness (QED) is 0.692. The van der Waals surface area contributed by atoms with Gasteiger partial charge in [0.15, 0.2) is 0 Å². The number of piperidine rings is 1. The number of carbonyl (C=O) groups excluding carboxylic acids is 1. The molecule has 0 atom stereocenters. The summed E-state index contributed by atoms with van der Waals surface area (Å²) in [7, 11) is 1.83. The number of rotatable bonds is 5. The molecule has 1 aliphatic heterocycles. The van der Waals surface area contributed by atoms with Crippen molar-refractivity contribution < 1.29 is 4.79 Å². The molecule has 1 heterocycles. The van der Waals surface area contributed by atoms with Gasteiger partial charge in [0.25, 0.3) is 0 Å². The largest absolute Gasteiger partial charge is 0.345 e. The summed E-state index contributed by atoms with van der Waals surface area (Å²) in [5.74, 6) is 2.84. The highest BCUT2D eigenvalue weighted by atomic mass is 16.2. The second kappa shape index (κ2) is 7.31. The third-order valence-electron chi connectivity index (χ3n) is 3.34. The molecule has 1 amide bonds. The molecule has 0 spiro atoms. The zero-order valence-electron chi connectivity index (χ0n) is 10.9. The molecule has 0 aromatic rings. The third kappa shape index (κ3) is 4.76. The smallest absolute Gasteiger partial charge is 0.236 e. The lowest BCUT2D eigenvalue weighted by Crippen LogP contribution is -2.46. The summed E-state index contributed by atoms with van der Waals surface area (Å²) in [6.45, 7) is 5.99. The lowest BCUT2D eigenvalue weighted by molar-refractivity contribution is -0.128. The average Bonchev–Trinajstić information content (AvgIpc) is 2.37. The van der Waals surface area contributed by atoms with Crippen LogP contribution in [0.4, 0.5) is 0 Å². The summed E-state index contributed by atoms with van der Waals surface area (Å²) in [4.78, 5) is 15.6. The highest BCUT2D eigenvalue weighted by Crippen LogP contribution is 2.09. The number of nitrogens with one attached hydrogen (secondary N) is 1. The SMILES string of the molecule is C#CCN1CCC(NCC(=O)N(C)CC)CC1. The van der Waals surface area contributed by atoms with Crippen molar-refractivity contribution in [3.63, 3.8) is 0 Å². The Labute approximate surface area is 104 Å². The van der Waals surface area contributed by atoms with Crippen LogP contribution in [0.25, 0.3) is 0 Å². The maximum atomic E-state index is 11.6. The van der Waals surface area contributed by atoms with Crippen molar-refractivity contribution in [2.75, 3.05) is 39.8 Å². The van der Waals surface area contributed by atoms with E-state index in [0.717, 1.165) is 39.0 Å². The number of nitrogens with zero attached hydrogens (tertiary/aromatic N) is 2. The molecule has 0 unspecified atom stereocenters. The average molecular weight is 237 g/mol. The highest BCUT2D eigenvalue weighted by Gasteiger charge is 2.19. The topological polar surface area (TPSA) is 35.6 Å². The van der Waals surface area contributed by atoms with Crippen LogP contribution in [0.3, 0.4) is 0 Å². The van der Waals surface area contributed by atoms with E-state index in [1.54, 1.807) is 4.90 Å². The first-order chi connectivity index (χ1) is 8.17. The summed E-state index contributed by atoms with van der Waals surface area (Å²) in [5, 5.41) is 3.33. The van der Waals surface area contributed by atoms with Crippen LogP contribution in [0.5, 0.6) is 0 Å². The van der Waals surface area contributed by atoms with Gasteiger partial charge in [0.2, 0.25) is 5.91 Å². The van der Waals surface area contributed by atoms with Crippen LogP contribution >= 0.6 is 0 Å². The van der Waals surface area contributed by atoms with Gasteiger partial charge < -0.3 is 10.2 Å². The molecule has 0 saturated carbocycles. The van der Waals surface area contributed by atoms with Gasteiger partial charge in [0.1, 0.15) is 0 Å². The van der Waals surface area contributed by atoms with E-state index in [9.17, 15) is 4.79 Å². The Hall–Kier alpha value is -1.05. The number of hydrogen-bond acceptors (Lipinski definition) is 3. The predicted molar refractivity (Wildman–Crippen MR) is 69.6 cm³/mol. The molecular formula is C13H23N3O. The van der Waals surface area contributed by atoms with Crippen molar-refractivity contribution in [3.05, 3.63) is 0 Å². The molecule has 1 saturated heterocycles. The monoisotopic (exact) mass is 237 g/mol. The van der Waals surface area contributed by atoms with Crippen LogP contribution in [0, 0.1) is 12.3 Å². The molecule has 1 fully saturated rings. The molecule has 0 aliphatic carbocycles. The second-order valence-electron chi connectivity index (χ2n) is 4.54. The van der Waals surface area contributed by atoms with Crippen LogP contribution in [-0.4, -0.2) is 61.5 Å². The molecule has 1 rings (SSSR count). The number of amides is 1. The van der Waals surface area contributed by atoms with Gasteiger partial charge >= 0.3 is 0 Å². The Bertz CT molecular complexity index is 277. The highest BCUT2D eigenvalue weighted by molar-refractivity contribution is 5.77.